The van der Waals surface area contributed by atoms with Crippen LogP contribution >= 0.6 is 11.8 Å². The van der Waals surface area contributed by atoms with Crippen molar-refractivity contribution in [3.63, 3.8) is 0 Å². The van der Waals surface area contributed by atoms with Gasteiger partial charge in [-0.25, -0.2) is 4.98 Å². The number of nitrogens with one attached hydrogen (secondary N) is 6. The maximum absolute atomic E-state index is 13.4. The first-order chi connectivity index (χ1) is 39.0. The van der Waals surface area contributed by atoms with Gasteiger partial charge in [0.1, 0.15) is 47.1 Å². The number of phenolic OH excluding ortho intramolecular Hbond substituents is 2. The number of carbonyl (C=O) groups is 7. The van der Waals surface area contributed by atoms with Gasteiger partial charge in [0.2, 0.25) is 17.6 Å². The van der Waals surface area contributed by atoms with Crippen LogP contribution in [-0.4, -0.2) is 197 Å². The number of aliphatic hydroxyl groups excluding tert-OH is 1. The van der Waals surface area contributed by atoms with Crippen LogP contribution in [0, 0.1) is 17.2 Å². The van der Waals surface area contributed by atoms with Gasteiger partial charge in [-0.2, -0.15) is 5.26 Å². The van der Waals surface area contributed by atoms with Crippen molar-refractivity contribution in [1.29, 1.82) is 5.26 Å². The van der Waals surface area contributed by atoms with Crippen molar-refractivity contribution in [3.8, 4) is 23.3 Å². The zero-order valence-electron chi connectivity index (χ0n) is 47.5. The van der Waals surface area contributed by atoms with Crippen molar-refractivity contribution in [1.82, 2.24) is 41.8 Å². The Labute approximate surface area is 478 Å². The average Bonchev–Trinajstić information content (AvgIpc) is 3.48. The molecule has 81 heavy (non-hydrogen) atoms. The minimum atomic E-state index is -0.511. The zero-order valence-corrected chi connectivity index (χ0v) is 48.3. The number of benzene rings is 2. The van der Waals surface area contributed by atoms with E-state index in [2.05, 4.69) is 41.8 Å². The predicted molar refractivity (Wildman–Crippen MR) is 303 cm³/mol. The van der Waals surface area contributed by atoms with Gasteiger partial charge in [-0.15, -0.1) is 11.8 Å². The lowest BCUT2D eigenvalue weighted by Gasteiger charge is -2.43. The quantitative estimate of drug-likeness (QED) is 0.0222. The Bertz CT molecular complexity index is 2640. The van der Waals surface area contributed by atoms with Gasteiger partial charge in [-0.05, 0) is 110 Å². The van der Waals surface area contributed by atoms with Crippen LogP contribution in [0.15, 0.2) is 35.4 Å². The van der Waals surface area contributed by atoms with Crippen molar-refractivity contribution in [3.05, 3.63) is 75.0 Å². The first kappa shape index (κ1) is 67.1. The Hall–Kier alpha value is -6.40. The number of aromatic nitrogens is 1. The number of thioether (sulfide) groups is 1. The van der Waals surface area contributed by atoms with Crippen LogP contribution in [0.1, 0.15) is 119 Å². The molecule has 7 rings (SSSR count). The van der Waals surface area contributed by atoms with Crippen LogP contribution in [0.25, 0.3) is 0 Å². The van der Waals surface area contributed by atoms with Gasteiger partial charge < -0.3 is 75.8 Å². The number of hydrogen-bond acceptors (Lipinski definition) is 21. The van der Waals surface area contributed by atoms with Crippen LogP contribution in [0.4, 0.5) is 0 Å². The molecule has 2 fully saturated rings. The van der Waals surface area contributed by atoms with Crippen LogP contribution in [0.3, 0.4) is 0 Å². The van der Waals surface area contributed by atoms with Gasteiger partial charge >= 0.3 is 0 Å². The number of aldehydes is 1. The van der Waals surface area contributed by atoms with Crippen molar-refractivity contribution >= 4 is 54.1 Å². The third kappa shape index (κ3) is 19.1. The normalized spacial score (nSPS) is 19.4. The summed E-state index contributed by atoms with van der Waals surface area (Å²) in [5, 5.41) is 59.8. The SMILES string of the molecule is C=O.CC(C)Sc1nc(C(=O)NCCC(=O)NCC=O)ccc1C#N.CNC(C)C(=O)NCCCNCCCNCC1CCc2c(O)c3c(c(O)c2C1)C(=O)c1cccc(OC)c1C3=O.COC1CN(C2CCOC(C)C2O)CCO1. The zero-order chi connectivity index (χ0) is 59.6. The van der Waals surface area contributed by atoms with E-state index in [1.54, 1.807) is 38.4 Å². The van der Waals surface area contributed by atoms with E-state index < -0.39 is 23.6 Å². The number of nitriles is 1. The molecule has 3 amide bonds. The molecule has 23 nitrogen and oxygen atoms in total. The van der Waals surface area contributed by atoms with E-state index in [9.17, 15) is 44.1 Å². The minimum absolute atomic E-state index is 0.00605. The van der Waals surface area contributed by atoms with Crippen LogP contribution in [0.2, 0.25) is 0 Å². The van der Waals surface area contributed by atoms with Gasteiger partial charge in [0.15, 0.2) is 12.1 Å². The van der Waals surface area contributed by atoms with Gasteiger partial charge in [-0.1, -0.05) is 26.0 Å². The molecule has 444 valence electrons. The number of aromatic hydroxyl groups is 2. The van der Waals surface area contributed by atoms with E-state index in [-0.39, 0.29) is 112 Å². The summed E-state index contributed by atoms with van der Waals surface area (Å²) in [4.78, 5) is 86.4. The summed E-state index contributed by atoms with van der Waals surface area (Å²) in [7, 11) is 4.84. The van der Waals surface area contributed by atoms with E-state index in [0.29, 0.717) is 54.0 Å². The number of amides is 3. The number of pyridine rings is 1. The van der Waals surface area contributed by atoms with Crippen molar-refractivity contribution in [2.24, 2.45) is 5.92 Å². The largest absolute Gasteiger partial charge is 0.507 e. The summed E-state index contributed by atoms with van der Waals surface area (Å²) >= 11 is 1.41. The van der Waals surface area contributed by atoms with E-state index in [1.807, 2.05) is 40.6 Å². The summed E-state index contributed by atoms with van der Waals surface area (Å²) in [5.74, 6) is -1.62. The number of ether oxygens (including phenoxy) is 4. The number of morpholine rings is 1. The number of nitrogens with zero attached hydrogens (tertiary/aromatic N) is 3. The molecule has 6 atom stereocenters. The fourth-order valence-corrected chi connectivity index (χ4v) is 10.4. The van der Waals surface area contributed by atoms with E-state index in [4.69, 9.17) is 29.0 Å². The fraction of sp³-hybridized carbons (Fsp3) is 0.561. The molecule has 4 aliphatic rings. The lowest BCUT2D eigenvalue weighted by molar-refractivity contribution is -0.190. The van der Waals surface area contributed by atoms with Crippen LogP contribution in [-0.2, 0) is 46.2 Å². The number of methoxy groups -OCH3 is 2. The lowest BCUT2D eigenvalue weighted by atomic mass is 9.75. The van der Waals surface area contributed by atoms with Crippen LogP contribution in [0.5, 0.6) is 17.2 Å². The van der Waals surface area contributed by atoms with Crippen molar-refractivity contribution in [2.75, 3.05) is 93.4 Å². The summed E-state index contributed by atoms with van der Waals surface area (Å²) in [6.45, 7) is 16.7. The topological polar surface area (TPSA) is 329 Å². The van der Waals surface area contributed by atoms with E-state index in [1.165, 1.54) is 24.9 Å². The van der Waals surface area contributed by atoms with Gasteiger partial charge in [0.25, 0.3) is 5.91 Å². The number of aliphatic hydroxyl groups is 1. The molecule has 0 spiro atoms. The first-order valence-corrected chi connectivity index (χ1v) is 28.1. The van der Waals surface area contributed by atoms with Gasteiger partial charge in [-0.3, -0.25) is 28.9 Å². The maximum atomic E-state index is 13.4. The Balaban J connectivity index is 0.000000289. The molecule has 1 aromatic heterocycles. The molecular formula is C57H81N9O14S. The highest BCUT2D eigenvalue weighted by atomic mass is 32.2. The molecule has 0 bridgehead atoms. The Kier molecular flexibility index (Phi) is 28.8. The van der Waals surface area contributed by atoms with Crippen molar-refractivity contribution in [2.45, 2.75) is 113 Å². The molecule has 0 radical (unpaired) electrons. The first-order valence-electron chi connectivity index (χ1n) is 27.2. The Morgan fingerprint density at radius 2 is 1.62 bits per heavy atom. The molecule has 2 aliphatic heterocycles. The number of likely N-dealkylation sites (N-methyl/N-ethyl adjacent to an activating group) is 1. The fourth-order valence-electron chi connectivity index (χ4n) is 9.56. The lowest BCUT2D eigenvalue weighted by Crippen LogP contribution is -2.57. The van der Waals surface area contributed by atoms with Crippen molar-refractivity contribution < 1.29 is 67.8 Å². The average molecular weight is 1150 g/mol. The smallest absolute Gasteiger partial charge is 0.269 e. The Morgan fingerprint density at radius 1 is 0.914 bits per heavy atom. The summed E-state index contributed by atoms with van der Waals surface area (Å²) in [6, 6.07) is 9.85. The predicted octanol–water partition coefficient (Wildman–Crippen LogP) is 2.20. The molecule has 0 saturated carbocycles. The summed E-state index contributed by atoms with van der Waals surface area (Å²) in [5.41, 5.74) is 1.77. The highest BCUT2D eigenvalue weighted by Gasteiger charge is 2.41. The third-order valence-electron chi connectivity index (χ3n) is 14.0. The molecule has 9 N–H and O–H groups in total. The second-order valence-corrected chi connectivity index (χ2v) is 21.3. The van der Waals surface area contributed by atoms with Gasteiger partial charge in [0.05, 0.1) is 60.8 Å². The molecular weight excluding hydrogens is 1070 g/mol. The number of fused-ring (bicyclic) bond motifs is 3. The highest BCUT2D eigenvalue weighted by Crippen LogP contribution is 2.47. The maximum Gasteiger partial charge on any atom is 0.269 e. The molecule has 2 aromatic carbocycles. The molecule has 2 aliphatic carbocycles. The summed E-state index contributed by atoms with van der Waals surface area (Å²) < 4.78 is 21.4. The standard InChI is InChI=1S/C30H40N4O6.C15H18N4O3S.C11H21NO4.CH2O/c1-17(31-2)30(39)34-14-6-12-32-11-5-13-33-16-18-9-10-19-21(15-18)28(37)24-25(26(19)35)29(38)23-20(27(24)36)7-4-8-22(23)40-3;1-10(2)23-15-11(9-16)3-4-12(19-15)14(22)18-6-5-13(21)17-7-8-20;1-8-11(13)9(3-5-15-8)12-4-6-16-10(7-12)14-2;1-2/h4,7-8,17-18,31-33,35,37H,5-6,9-16H2,1-3H3,(H,34,39);3-4,8,10H,5-7H2,1-2H3,(H,17,21)(H,18,22);8-11,13H,3-7H2,1-2H3;1H2. The second-order valence-electron chi connectivity index (χ2n) is 19.8. The number of carbonyl (C=O) groups excluding carboxylic acids is 7. The number of hydrogen-bond donors (Lipinski definition) is 9. The third-order valence-corrected chi connectivity index (χ3v) is 15.0. The summed E-state index contributed by atoms with van der Waals surface area (Å²) in [6.07, 6.45) is 4.51. The highest BCUT2D eigenvalue weighted by molar-refractivity contribution is 7.99. The Morgan fingerprint density at radius 3 is 2.30 bits per heavy atom. The molecule has 6 unspecified atom stereocenters. The number of ketones is 2. The van der Waals surface area contributed by atoms with Crippen LogP contribution < -0.4 is 36.6 Å². The van der Waals surface area contributed by atoms with E-state index >= 15 is 0 Å². The number of phenols is 2. The monoisotopic (exact) mass is 1150 g/mol. The second kappa shape index (κ2) is 34.8. The molecule has 3 aromatic rings. The molecule has 24 heteroatoms. The number of rotatable bonds is 23. The molecule has 3 heterocycles. The van der Waals surface area contributed by atoms with E-state index in [0.717, 1.165) is 71.6 Å². The minimum Gasteiger partial charge on any atom is -0.507 e. The molecule has 2 saturated heterocycles. The van der Waals surface area contributed by atoms with Gasteiger partial charge in [0, 0.05) is 74.3 Å².